The SMILES string of the molecule is COc1cn(-c2ccc(-c3c(C)noc3C)cc2F)nc(-c2ccnn2-c2ccccc2)c1=O. The van der Waals surface area contributed by atoms with Gasteiger partial charge in [0.15, 0.2) is 11.4 Å². The summed E-state index contributed by atoms with van der Waals surface area (Å²) in [5.41, 5.74) is 3.06. The van der Waals surface area contributed by atoms with Gasteiger partial charge in [-0.1, -0.05) is 29.4 Å². The maximum atomic E-state index is 15.3. The number of aryl methyl sites for hydroxylation is 2. The number of hydrogen-bond donors (Lipinski definition) is 0. The Morgan fingerprint density at radius 3 is 2.53 bits per heavy atom. The molecule has 0 saturated carbocycles. The van der Waals surface area contributed by atoms with Crippen molar-refractivity contribution in [3.05, 3.63) is 94.5 Å². The summed E-state index contributed by atoms with van der Waals surface area (Å²) in [5, 5.41) is 12.7. The molecule has 0 spiro atoms. The van der Waals surface area contributed by atoms with E-state index < -0.39 is 11.2 Å². The van der Waals surface area contributed by atoms with Crippen LogP contribution in [0.3, 0.4) is 0 Å². The van der Waals surface area contributed by atoms with Gasteiger partial charge in [-0.25, -0.2) is 13.8 Å². The molecule has 8 nitrogen and oxygen atoms in total. The summed E-state index contributed by atoms with van der Waals surface area (Å²) >= 11 is 0. The predicted octanol–water partition coefficient (Wildman–Crippen LogP) is 4.50. The highest BCUT2D eigenvalue weighted by atomic mass is 19.1. The van der Waals surface area contributed by atoms with E-state index in [4.69, 9.17) is 9.26 Å². The van der Waals surface area contributed by atoms with Crippen LogP contribution in [0, 0.1) is 19.7 Å². The third kappa shape index (κ3) is 3.57. The molecule has 0 unspecified atom stereocenters. The Labute approximate surface area is 193 Å². The number of hydrogen-bond acceptors (Lipinski definition) is 6. The molecule has 0 fully saturated rings. The Hall–Kier alpha value is -4.53. The van der Waals surface area contributed by atoms with Crippen LogP contribution in [0.1, 0.15) is 11.5 Å². The molecule has 5 aromatic rings. The highest BCUT2D eigenvalue weighted by Gasteiger charge is 2.20. The molecular formula is C25H20FN5O3. The standard InChI is InChI=1S/C25H20FN5O3/c1-15-23(16(2)34-29-15)17-9-10-20(19(26)13-17)30-14-22(33-3)25(32)24(28-30)21-11-12-27-31(21)18-7-5-4-6-8-18/h4-14H,1-3H3. The molecule has 3 heterocycles. The molecule has 34 heavy (non-hydrogen) atoms. The van der Waals surface area contributed by atoms with Gasteiger partial charge < -0.3 is 9.26 Å². The highest BCUT2D eigenvalue weighted by Crippen LogP contribution is 2.29. The average molecular weight is 457 g/mol. The van der Waals surface area contributed by atoms with Crippen LogP contribution in [0.15, 0.2) is 76.3 Å². The van der Waals surface area contributed by atoms with Crippen molar-refractivity contribution >= 4 is 0 Å². The van der Waals surface area contributed by atoms with Gasteiger partial charge in [0.2, 0.25) is 0 Å². The van der Waals surface area contributed by atoms with Gasteiger partial charge in [-0.05, 0) is 49.7 Å². The largest absolute Gasteiger partial charge is 0.491 e. The number of halogens is 1. The van der Waals surface area contributed by atoms with Crippen molar-refractivity contribution in [3.8, 4) is 39.6 Å². The van der Waals surface area contributed by atoms with Crippen LogP contribution in [0.25, 0.3) is 33.9 Å². The summed E-state index contributed by atoms with van der Waals surface area (Å²) in [5.74, 6) is 0.0995. The van der Waals surface area contributed by atoms with E-state index in [1.54, 1.807) is 42.9 Å². The molecule has 0 aliphatic carbocycles. The molecule has 170 valence electrons. The van der Waals surface area contributed by atoms with E-state index in [2.05, 4.69) is 15.4 Å². The molecule has 9 heteroatoms. The maximum Gasteiger partial charge on any atom is 0.251 e. The molecule has 3 aromatic heterocycles. The lowest BCUT2D eigenvalue weighted by molar-refractivity contribution is 0.393. The average Bonchev–Trinajstić information content (AvgIpc) is 3.46. The molecule has 0 atom stereocenters. The molecule has 0 bridgehead atoms. The van der Waals surface area contributed by atoms with Crippen LogP contribution < -0.4 is 10.2 Å². The first-order valence-corrected chi connectivity index (χ1v) is 10.5. The van der Waals surface area contributed by atoms with E-state index >= 15 is 4.39 Å². The second kappa shape index (κ2) is 8.43. The fourth-order valence-corrected chi connectivity index (χ4v) is 3.91. The Morgan fingerprint density at radius 1 is 1.06 bits per heavy atom. The molecule has 0 aliphatic heterocycles. The fraction of sp³-hybridized carbons (Fsp3) is 0.120. The summed E-state index contributed by atoms with van der Waals surface area (Å²) in [6, 6.07) is 15.8. The first-order chi connectivity index (χ1) is 16.5. The minimum Gasteiger partial charge on any atom is -0.491 e. The van der Waals surface area contributed by atoms with Gasteiger partial charge in [-0.15, -0.1) is 0 Å². The third-order valence-electron chi connectivity index (χ3n) is 5.51. The van der Waals surface area contributed by atoms with Gasteiger partial charge in [0, 0.05) is 5.56 Å². The molecule has 0 N–H and O–H groups in total. The summed E-state index contributed by atoms with van der Waals surface area (Å²) in [7, 11) is 1.39. The minimum atomic E-state index is -0.529. The molecule has 2 aromatic carbocycles. The van der Waals surface area contributed by atoms with Gasteiger partial charge in [0.05, 0.1) is 36.6 Å². The predicted molar refractivity (Wildman–Crippen MR) is 124 cm³/mol. The number of benzene rings is 2. The van der Waals surface area contributed by atoms with Crippen LogP contribution in [0.4, 0.5) is 4.39 Å². The third-order valence-corrected chi connectivity index (χ3v) is 5.51. The van der Waals surface area contributed by atoms with E-state index in [1.165, 1.54) is 24.1 Å². The van der Waals surface area contributed by atoms with Crippen LogP contribution >= 0.6 is 0 Å². The Bertz CT molecular complexity index is 1530. The molecule has 0 saturated heterocycles. The monoisotopic (exact) mass is 457 g/mol. The van der Waals surface area contributed by atoms with Gasteiger partial charge in [0.25, 0.3) is 5.43 Å². The number of rotatable bonds is 5. The first-order valence-electron chi connectivity index (χ1n) is 10.5. The smallest absolute Gasteiger partial charge is 0.251 e. The topological polar surface area (TPSA) is 88.0 Å². The quantitative estimate of drug-likeness (QED) is 0.386. The van der Waals surface area contributed by atoms with E-state index in [-0.39, 0.29) is 17.1 Å². The lowest BCUT2D eigenvalue weighted by Gasteiger charge is -2.13. The van der Waals surface area contributed by atoms with Gasteiger partial charge in [-0.2, -0.15) is 10.2 Å². The van der Waals surface area contributed by atoms with E-state index in [1.807, 2.05) is 30.3 Å². The van der Waals surface area contributed by atoms with Crippen molar-refractivity contribution < 1.29 is 13.7 Å². The fourth-order valence-electron chi connectivity index (χ4n) is 3.91. The zero-order valence-corrected chi connectivity index (χ0v) is 18.7. The lowest BCUT2D eigenvalue weighted by atomic mass is 10.0. The number of para-hydroxylation sites is 1. The normalized spacial score (nSPS) is 11.1. The van der Waals surface area contributed by atoms with Crippen LogP contribution in [-0.2, 0) is 0 Å². The second-order valence-electron chi connectivity index (χ2n) is 7.65. The number of nitrogens with zero attached hydrogens (tertiary/aromatic N) is 5. The maximum absolute atomic E-state index is 15.3. The zero-order chi connectivity index (χ0) is 23.8. The van der Waals surface area contributed by atoms with Crippen molar-refractivity contribution in [2.75, 3.05) is 7.11 Å². The van der Waals surface area contributed by atoms with Crippen molar-refractivity contribution in [1.29, 1.82) is 0 Å². The molecule has 0 radical (unpaired) electrons. The Morgan fingerprint density at radius 2 is 1.85 bits per heavy atom. The van der Waals surface area contributed by atoms with Crippen molar-refractivity contribution in [1.82, 2.24) is 24.7 Å². The minimum absolute atomic E-state index is 0.0278. The molecule has 0 aliphatic rings. The molecular weight excluding hydrogens is 437 g/mol. The number of ether oxygens (including phenoxy) is 1. The highest BCUT2D eigenvalue weighted by molar-refractivity contribution is 5.69. The number of aromatic nitrogens is 5. The van der Waals surface area contributed by atoms with Gasteiger partial charge >= 0.3 is 0 Å². The molecule has 5 rings (SSSR count). The first kappa shape index (κ1) is 21.3. The molecule has 0 amide bonds. The van der Waals surface area contributed by atoms with Gasteiger partial charge in [-0.3, -0.25) is 4.79 Å². The van der Waals surface area contributed by atoms with E-state index in [9.17, 15) is 4.79 Å². The van der Waals surface area contributed by atoms with Crippen LogP contribution in [-0.4, -0.2) is 31.8 Å². The van der Waals surface area contributed by atoms with Crippen LogP contribution in [0.5, 0.6) is 5.75 Å². The summed E-state index contributed by atoms with van der Waals surface area (Å²) in [6.07, 6.45) is 2.94. The van der Waals surface area contributed by atoms with Crippen molar-refractivity contribution in [3.63, 3.8) is 0 Å². The van der Waals surface area contributed by atoms with Gasteiger partial charge in [0.1, 0.15) is 17.3 Å². The Balaban J connectivity index is 1.65. The van der Waals surface area contributed by atoms with Crippen LogP contribution in [0.2, 0.25) is 0 Å². The van der Waals surface area contributed by atoms with Crippen molar-refractivity contribution in [2.45, 2.75) is 13.8 Å². The van der Waals surface area contributed by atoms with Crippen molar-refractivity contribution in [2.24, 2.45) is 0 Å². The summed E-state index contributed by atoms with van der Waals surface area (Å²) < 4.78 is 28.7. The van der Waals surface area contributed by atoms with E-state index in [0.29, 0.717) is 22.7 Å². The Kier molecular flexibility index (Phi) is 5.29. The zero-order valence-electron chi connectivity index (χ0n) is 18.7. The second-order valence-corrected chi connectivity index (χ2v) is 7.65. The van der Waals surface area contributed by atoms with E-state index in [0.717, 1.165) is 11.3 Å². The number of methoxy groups -OCH3 is 1. The lowest BCUT2D eigenvalue weighted by Crippen LogP contribution is -2.18. The summed E-state index contributed by atoms with van der Waals surface area (Å²) in [4.78, 5) is 13.1. The summed E-state index contributed by atoms with van der Waals surface area (Å²) in [6.45, 7) is 3.57.